The minimum absolute atomic E-state index is 0.0401. The molecule has 1 aromatic rings. The Morgan fingerprint density at radius 1 is 1.21 bits per heavy atom. The predicted molar refractivity (Wildman–Crippen MR) is 49.4 cm³/mol. The van der Waals surface area contributed by atoms with Crippen LogP contribution in [0.5, 0.6) is 0 Å². The first-order valence-corrected chi connectivity index (χ1v) is 5.82. The van der Waals surface area contributed by atoms with Crippen LogP contribution in [0, 0.1) is 0 Å². The van der Waals surface area contributed by atoms with Crippen LogP contribution in [0.3, 0.4) is 0 Å². The van der Waals surface area contributed by atoms with E-state index < -0.39 is 20.5 Å². The van der Waals surface area contributed by atoms with Gasteiger partial charge in [-0.15, -0.1) is 0 Å². The zero-order valence-corrected chi connectivity index (χ0v) is 8.42. The fourth-order valence-electron chi connectivity index (χ4n) is 0.836. The maximum atomic E-state index is 11.2. The molecule has 0 radical (unpaired) electrons. The van der Waals surface area contributed by atoms with Gasteiger partial charge in [0.25, 0.3) is 10.0 Å². The molecule has 1 rings (SSSR count). The molecule has 0 saturated carbocycles. The number of nitrogens with zero attached hydrogens (tertiary/aromatic N) is 1. The lowest BCUT2D eigenvalue weighted by molar-refractivity contribution is 0.596. The smallest absolute Gasteiger partial charge is 0.327 e. The predicted octanol–water partition coefficient (Wildman–Crippen LogP) is 0.0202. The van der Waals surface area contributed by atoms with E-state index in [1.54, 1.807) is 0 Å². The molecule has 8 heteroatoms. The Kier molecular flexibility index (Phi) is 2.87. The minimum atomic E-state index is -4.20. The Labute approximate surface area is 82.1 Å². The number of hydrogen-bond acceptors (Lipinski definition) is 5. The third-order valence-electron chi connectivity index (χ3n) is 1.36. The van der Waals surface area contributed by atoms with Crippen LogP contribution in [0.15, 0.2) is 32.9 Å². The van der Waals surface area contributed by atoms with E-state index in [0.717, 1.165) is 0 Å². The summed E-state index contributed by atoms with van der Waals surface area (Å²) in [5.41, 5.74) is 5.30. The van der Waals surface area contributed by atoms with Gasteiger partial charge in [-0.2, -0.15) is 16.8 Å². The number of rotatable bonds is 2. The van der Waals surface area contributed by atoms with E-state index in [1.165, 1.54) is 24.3 Å². The van der Waals surface area contributed by atoms with E-state index in [9.17, 15) is 16.8 Å². The maximum absolute atomic E-state index is 11.2. The number of nitrogens with two attached hydrogens (primary N) is 1. The molecule has 1 aromatic carbocycles. The summed E-state index contributed by atoms with van der Waals surface area (Å²) in [5, 5.41) is 0. The van der Waals surface area contributed by atoms with Crippen LogP contribution < -0.4 is 5.73 Å². The third-order valence-corrected chi connectivity index (χ3v) is 3.56. The number of nitrogen functional groups attached to an aromatic ring is 1. The van der Waals surface area contributed by atoms with Gasteiger partial charge in [0.2, 0.25) is 0 Å². The van der Waals surface area contributed by atoms with Crippen molar-refractivity contribution in [3.8, 4) is 0 Å². The molecule has 0 aliphatic heterocycles. The molecule has 0 heterocycles. The molecule has 0 atom stereocenters. The van der Waals surface area contributed by atoms with Gasteiger partial charge in [0.1, 0.15) is 4.90 Å². The van der Waals surface area contributed by atoms with E-state index in [-0.39, 0.29) is 10.6 Å². The van der Waals surface area contributed by atoms with Gasteiger partial charge < -0.3 is 5.73 Å². The molecule has 0 fully saturated rings. The Balaban J connectivity index is 3.47. The second-order valence-electron chi connectivity index (χ2n) is 2.30. The molecule has 14 heavy (non-hydrogen) atoms. The number of anilines is 1. The summed E-state index contributed by atoms with van der Waals surface area (Å²) in [6.45, 7) is 0. The molecule has 0 saturated heterocycles. The van der Waals surface area contributed by atoms with Crippen molar-refractivity contribution in [2.75, 3.05) is 5.73 Å². The van der Waals surface area contributed by atoms with Crippen LogP contribution in [0.2, 0.25) is 0 Å². The molecular formula is C6H6N2O4S2. The maximum Gasteiger partial charge on any atom is 0.327 e. The lowest BCUT2D eigenvalue weighted by Crippen LogP contribution is -2.00. The molecule has 0 aliphatic carbocycles. The monoisotopic (exact) mass is 234 g/mol. The fraction of sp³-hybridized carbons (Fsp3) is 0. The van der Waals surface area contributed by atoms with E-state index >= 15 is 0 Å². The van der Waals surface area contributed by atoms with Gasteiger partial charge in [-0.25, -0.2) is 0 Å². The first kappa shape index (κ1) is 10.7. The van der Waals surface area contributed by atoms with Gasteiger partial charge in [0.05, 0.1) is 5.69 Å². The summed E-state index contributed by atoms with van der Waals surface area (Å²) in [6, 6.07) is 5.48. The first-order chi connectivity index (χ1) is 6.43. The van der Waals surface area contributed by atoms with Crippen molar-refractivity contribution >= 4 is 26.2 Å². The van der Waals surface area contributed by atoms with Crippen LogP contribution in [-0.4, -0.2) is 16.8 Å². The molecule has 6 nitrogen and oxygen atoms in total. The molecule has 0 bridgehead atoms. The first-order valence-electron chi connectivity index (χ1n) is 3.35. The van der Waals surface area contributed by atoms with Crippen LogP contribution in [0.25, 0.3) is 0 Å². The van der Waals surface area contributed by atoms with Crippen molar-refractivity contribution < 1.29 is 16.8 Å². The van der Waals surface area contributed by atoms with Crippen molar-refractivity contribution in [3.63, 3.8) is 0 Å². The van der Waals surface area contributed by atoms with Gasteiger partial charge in [0.15, 0.2) is 0 Å². The molecular weight excluding hydrogens is 228 g/mol. The quantitative estimate of drug-likeness (QED) is 0.726. The number of sulfonamides is 1. The van der Waals surface area contributed by atoms with Crippen molar-refractivity contribution in [3.05, 3.63) is 24.3 Å². The second kappa shape index (κ2) is 3.76. The summed E-state index contributed by atoms with van der Waals surface area (Å²) in [6.07, 6.45) is 0. The molecule has 0 aromatic heterocycles. The second-order valence-corrected chi connectivity index (χ2v) is 4.73. The molecule has 0 spiro atoms. The average Bonchev–Trinajstić information content (AvgIpc) is 2.02. The van der Waals surface area contributed by atoms with E-state index in [1.807, 2.05) is 0 Å². The molecule has 0 aliphatic rings. The minimum Gasteiger partial charge on any atom is -0.398 e. The van der Waals surface area contributed by atoms with Crippen molar-refractivity contribution in [1.82, 2.24) is 0 Å². The van der Waals surface area contributed by atoms with E-state index in [4.69, 9.17) is 5.73 Å². The van der Waals surface area contributed by atoms with Crippen LogP contribution in [0.1, 0.15) is 0 Å². The zero-order chi connectivity index (χ0) is 10.8. The Morgan fingerprint density at radius 3 is 2.29 bits per heavy atom. The molecule has 0 amide bonds. The van der Waals surface area contributed by atoms with Gasteiger partial charge >= 0.3 is 10.5 Å². The van der Waals surface area contributed by atoms with Crippen LogP contribution in [-0.2, 0) is 20.5 Å². The summed E-state index contributed by atoms with van der Waals surface area (Å²) in [5.74, 6) is 0. The van der Waals surface area contributed by atoms with Crippen LogP contribution >= 0.6 is 0 Å². The lowest BCUT2D eigenvalue weighted by atomic mass is 10.3. The lowest BCUT2D eigenvalue weighted by Gasteiger charge is -1.99. The van der Waals surface area contributed by atoms with Crippen molar-refractivity contribution in [2.24, 2.45) is 3.77 Å². The number of benzene rings is 1. The molecule has 2 N–H and O–H groups in total. The largest absolute Gasteiger partial charge is 0.398 e. The summed E-state index contributed by atoms with van der Waals surface area (Å²) in [4.78, 5) is -0.316. The zero-order valence-electron chi connectivity index (χ0n) is 6.78. The van der Waals surface area contributed by atoms with Crippen molar-refractivity contribution in [1.29, 1.82) is 0 Å². The van der Waals surface area contributed by atoms with Crippen molar-refractivity contribution in [2.45, 2.75) is 4.90 Å². The number of hydrogen-bond donors (Lipinski definition) is 1. The van der Waals surface area contributed by atoms with Gasteiger partial charge in [-0.05, 0) is 15.9 Å². The SMILES string of the molecule is Nc1ccccc1S(=O)(=O)N=S(=O)=O. The normalized spacial score (nSPS) is 10.9. The standard InChI is InChI=1S/C6H6N2O4S2/c7-5-3-1-2-4-6(5)14(11,12)8-13(9)10/h1-4H,7H2. The van der Waals surface area contributed by atoms with Gasteiger partial charge in [-0.3, -0.25) is 0 Å². The highest BCUT2D eigenvalue weighted by Gasteiger charge is 2.15. The topological polar surface area (TPSA) is 107 Å². The van der Waals surface area contributed by atoms with Crippen LogP contribution in [0.4, 0.5) is 5.69 Å². The van der Waals surface area contributed by atoms with Gasteiger partial charge in [-0.1, -0.05) is 12.1 Å². The average molecular weight is 234 g/mol. The van der Waals surface area contributed by atoms with Gasteiger partial charge in [0, 0.05) is 0 Å². The summed E-state index contributed by atoms with van der Waals surface area (Å²) >= 11 is 0. The molecule has 0 unspecified atom stereocenters. The highest BCUT2D eigenvalue weighted by Crippen LogP contribution is 2.18. The Bertz CT molecular complexity index is 566. The summed E-state index contributed by atoms with van der Waals surface area (Å²) < 4.78 is 45.2. The summed E-state index contributed by atoms with van der Waals surface area (Å²) in [7, 11) is -7.22. The van der Waals surface area contributed by atoms with E-state index in [2.05, 4.69) is 3.77 Å². The number of para-hydroxylation sites is 1. The highest BCUT2D eigenvalue weighted by atomic mass is 32.2. The molecule has 76 valence electrons. The fourth-order valence-corrected chi connectivity index (χ4v) is 2.41. The highest BCUT2D eigenvalue weighted by molar-refractivity contribution is 7.94. The Hall–Kier alpha value is -1.41. The Morgan fingerprint density at radius 2 is 1.79 bits per heavy atom. The third kappa shape index (κ3) is 2.30. The van der Waals surface area contributed by atoms with E-state index in [0.29, 0.717) is 0 Å².